The first-order chi connectivity index (χ1) is 9.13. The maximum atomic E-state index is 10.8. The molecule has 3 rings (SSSR count). The van der Waals surface area contributed by atoms with Gasteiger partial charge in [-0.1, -0.05) is 6.42 Å². The van der Waals surface area contributed by atoms with Crippen molar-refractivity contribution in [3.8, 4) is 5.75 Å². The fourth-order valence-corrected chi connectivity index (χ4v) is 3.59. The second kappa shape index (κ2) is 4.76. The van der Waals surface area contributed by atoms with E-state index in [9.17, 15) is 4.79 Å². The summed E-state index contributed by atoms with van der Waals surface area (Å²) < 4.78 is 5.79. The second-order valence-corrected chi connectivity index (χ2v) is 5.80. The van der Waals surface area contributed by atoms with Crippen molar-refractivity contribution in [1.29, 1.82) is 0 Å². The average Bonchev–Trinajstić information content (AvgIpc) is 2.99. The monoisotopic (exact) mass is 261 g/mol. The number of carbonyl (C=O) groups is 1. The lowest BCUT2D eigenvalue weighted by molar-refractivity contribution is 0.0697. The molecule has 0 aromatic heterocycles. The van der Waals surface area contributed by atoms with Crippen LogP contribution in [-0.4, -0.2) is 17.7 Å². The molecule has 19 heavy (non-hydrogen) atoms. The molecular weight excluding hydrogens is 242 g/mol. The van der Waals surface area contributed by atoms with Crippen LogP contribution in [0.5, 0.6) is 5.75 Å². The Balaban J connectivity index is 1.62. The molecule has 0 amide bonds. The van der Waals surface area contributed by atoms with Gasteiger partial charge in [0.1, 0.15) is 5.75 Å². The topological polar surface area (TPSA) is 72.6 Å². The number of rotatable bonds is 4. The van der Waals surface area contributed by atoms with Crippen LogP contribution in [-0.2, 0) is 0 Å². The molecule has 3 unspecified atom stereocenters. The van der Waals surface area contributed by atoms with Crippen molar-refractivity contribution < 1.29 is 14.6 Å². The predicted molar refractivity (Wildman–Crippen MR) is 72.2 cm³/mol. The van der Waals surface area contributed by atoms with Gasteiger partial charge in [-0.25, -0.2) is 4.79 Å². The Morgan fingerprint density at radius 3 is 2.79 bits per heavy atom. The van der Waals surface area contributed by atoms with Crippen LogP contribution in [0.3, 0.4) is 0 Å². The molecule has 3 atom stereocenters. The summed E-state index contributed by atoms with van der Waals surface area (Å²) in [5, 5.41) is 8.88. The highest BCUT2D eigenvalue weighted by atomic mass is 16.5. The van der Waals surface area contributed by atoms with E-state index < -0.39 is 5.97 Å². The van der Waals surface area contributed by atoms with Gasteiger partial charge in [-0.2, -0.15) is 0 Å². The van der Waals surface area contributed by atoms with Crippen LogP contribution in [0.4, 0.5) is 5.69 Å². The Morgan fingerprint density at radius 2 is 2.21 bits per heavy atom. The first-order valence-electron chi connectivity index (χ1n) is 6.89. The molecule has 1 aromatic rings. The van der Waals surface area contributed by atoms with Crippen LogP contribution < -0.4 is 10.5 Å². The summed E-state index contributed by atoms with van der Waals surface area (Å²) in [7, 11) is 0. The van der Waals surface area contributed by atoms with Crippen molar-refractivity contribution in [1.82, 2.24) is 0 Å². The lowest BCUT2D eigenvalue weighted by Crippen LogP contribution is -2.18. The summed E-state index contributed by atoms with van der Waals surface area (Å²) in [6.45, 7) is 0.706. The van der Waals surface area contributed by atoms with Gasteiger partial charge < -0.3 is 15.6 Å². The second-order valence-electron chi connectivity index (χ2n) is 5.80. The largest absolute Gasteiger partial charge is 0.491 e. The number of anilines is 1. The van der Waals surface area contributed by atoms with Crippen molar-refractivity contribution in [2.45, 2.75) is 25.7 Å². The van der Waals surface area contributed by atoms with E-state index in [0.717, 1.165) is 11.8 Å². The van der Waals surface area contributed by atoms with Crippen molar-refractivity contribution >= 4 is 11.7 Å². The molecule has 2 aliphatic carbocycles. The third-order valence-electron chi connectivity index (χ3n) is 4.59. The lowest BCUT2D eigenvalue weighted by Gasteiger charge is -2.22. The summed E-state index contributed by atoms with van der Waals surface area (Å²) >= 11 is 0. The Labute approximate surface area is 112 Å². The molecule has 0 radical (unpaired) electrons. The minimum Gasteiger partial charge on any atom is -0.491 e. The Kier molecular flexibility index (Phi) is 3.09. The number of carboxylic acid groups (broad SMARTS) is 1. The van der Waals surface area contributed by atoms with Crippen LogP contribution in [0.1, 0.15) is 36.0 Å². The Morgan fingerprint density at radius 1 is 1.37 bits per heavy atom. The van der Waals surface area contributed by atoms with E-state index in [1.54, 1.807) is 6.07 Å². The van der Waals surface area contributed by atoms with Gasteiger partial charge in [0, 0.05) is 0 Å². The van der Waals surface area contributed by atoms with Crippen LogP contribution in [0, 0.1) is 17.8 Å². The van der Waals surface area contributed by atoms with E-state index in [2.05, 4.69) is 0 Å². The standard InChI is InChI=1S/C15H19NO3/c16-13-7-11(15(17)18)3-4-14(13)19-8-12-6-9-1-2-10(12)5-9/h3-4,7,9-10,12H,1-2,5-6,8,16H2,(H,17,18). The zero-order valence-corrected chi connectivity index (χ0v) is 10.8. The molecular formula is C15H19NO3. The molecule has 3 N–H and O–H groups in total. The molecule has 2 aliphatic rings. The van der Waals surface area contributed by atoms with Gasteiger partial charge in [0.2, 0.25) is 0 Å². The molecule has 4 nitrogen and oxygen atoms in total. The van der Waals surface area contributed by atoms with Gasteiger partial charge in [-0.05, 0) is 55.2 Å². The summed E-state index contributed by atoms with van der Waals surface area (Å²) in [4.78, 5) is 10.8. The quantitative estimate of drug-likeness (QED) is 0.817. The van der Waals surface area contributed by atoms with Crippen molar-refractivity contribution in [2.75, 3.05) is 12.3 Å². The summed E-state index contributed by atoms with van der Waals surface area (Å²) in [6, 6.07) is 4.65. The van der Waals surface area contributed by atoms with Crippen LogP contribution >= 0.6 is 0 Å². The predicted octanol–water partition coefficient (Wildman–Crippen LogP) is 2.78. The van der Waals surface area contributed by atoms with E-state index in [-0.39, 0.29) is 5.56 Å². The first kappa shape index (κ1) is 12.3. The molecule has 2 bridgehead atoms. The fourth-order valence-electron chi connectivity index (χ4n) is 3.59. The fraction of sp³-hybridized carbons (Fsp3) is 0.533. The SMILES string of the molecule is Nc1cc(C(=O)O)ccc1OCC1CC2CCC1C2. The van der Waals surface area contributed by atoms with Crippen LogP contribution in [0.25, 0.3) is 0 Å². The zero-order chi connectivity index (χ0) is 13.4. The number of nitrogens with two attached hydrogens (primary N) is 1. The molecule has 0 aliphatic heterocycles. The molecule has 2 fully saturated rings. The Hall–Kier alpha value is -1.71. The van der Waals surface area contributed by atoms with Crippen LogP contribution in [0.2, 0.25) is 0 Å². The van der Waals surface area contributed by atoms with E-state index in [0.29, 0.717) is 24.0 Å². The number of ether oxygens (including phenoxy) is 1. The zero-order valence-electron chi connectivity index (χ0n) is 10.8. The van der Waals surface area contributed by atoms with E-state index >= 15 is 0 Å². The van der Waals surface area contributed by atoms with E-state index in [4.69, 9.17) is 15.6 Å². The highest BCUT2D eigenvalue weighted by Crippen LogP contribution is 2.48. The number of fused-ring (bicyclic) bond motifs is 2. The molecule has 0 spiro atoms. The number of aromatic carboxylic acids is 1. The highest BCUT2D eigenvalue weighted by molar-refractivity contribution is 5.89. The maximum absolute atomic E-state index is 10.8. The maximum Gasteiger partial charge on any atom is 0.335 e. The number of nitrogen functional groups attached to an aromatic ring is 1. The summed E-state index contributed by atoms with van der Waals surface area (Å²) in [5.74, 6) is 2.02. The number of benzene rings is 1. The minimum absolute atomic E-state index is 0.199. The van der Waals surface area contributed by atoms with Gasteiger partial charge in [0.25, 0.3) is 0 Å². The highest BCUT2D eigenvalue weighted by Gasteiger charge is 2.39. The molecule has 2 saturated carbocycles. The Bertz CT molecular complexity index is 500. The van der Waals surface area contributed by atoms with Crippen molar-refractivity contribution in [2.24, 2.45) is 17.8 Å². The molecule has 4 heteroatoms. The molecule has 0 saturated heterocycles. The number of carboxylic acids is 1. The van der Waals surface area contributed by atoms with Gasteiger partial charge >= 0.3 is 5.97 Å². The smallest absolute Gasteiger partial charge is 0.335 e. The van der Waals surface area contributed by atoms with Crippen molar-refractivity contribution in [3.05, 3.63) is 23.8 Å². The van der Waals surface area contributed by atoms with Gasteiger partial charge in [0.15, 0.2) is 0 Å². The normalized spacial score (nSPS) is 28.5. The van der Waals surface area contributed by atoms with E-state index in [1.165, 1.54) is 37.8 Å². The third-order valence-corrected chi connectivity index (χ3v) is 4.59. The van der Waals surface area contributed by atoms with E-state index in [1.807, 2.05) is 0 Å². The summed E-state index contributed by atoms with van der Waals surface area (Å²) in [5.41, 5.74) is 6.44. The number of hydrogen-bond donors (Lipinski definition) is 2. The minimum atomic E-state index is -0.966. The summed E-state index contributed by atoms with van der Waals surface area (Å²) in [6.07, 6.45) is 5.36. The van der Waals surface area contributed by atoms with Gasteiger partial charge in [-0.3, -0.25) is 0 Å². The van der Waals surface area contributed by atoms with Gasteiger partial charge in [0.05, 0.1) is 17.9 Å². The van der Waals surface area contributed by atoms with Crippen molar-refractivity contribution in [3.63, 3.8) is 0 Å². The molecule has 0 heterocycles. The lowest BCUT2D eigenvalue weighted by atomic mass is 9.89. The average molecular weight is 261 g/mol. The molecule has 1 aromatic carbocycles. The molecule has 102 valence electrons. The third kappa shape index (κ3) is 2.39. The first-order valence-corrected chi connectivity index (χ1v) is 6.89. The van der Waals surface area contributed by atoms with Gasteiger partial charge in [-0.15, -0.1) is 0 Å². The van der Waals surface area contributed by atoms with Crippen LogP contribution in [0.15, 0.2) is 18.2 Å². The number of hydrogen-bond acceptors (Lipinski definition) is 3.